The average molecular weight is 1500 g/mol. The lowest BCUT2D eigenvalue weighted by Gasteiger charge is -2.36. The molecule has 8 heteroatoms. The minimum absolute atomic E-state index is 0.142. The molecule has 0 bridgehead atoms. The first-order valence-electron chi connectivity index (χ1n) is 38.8. The number of hydrogen-bond acceptors (Lipinski definition) is 4. The molecule has 4 nitrogen and oxygen atoms in total. The van der Waals surface area contributed by atoms with Crippen molar-refractivity contribution in [2.24, 2.45) is 0 Å². The number of halogens is 4. The summed E-state index contributed by atoms with van der Waals surface area (Å²) in [4.78, 5) is 3.87. The molecule has 115 heavy (non-hydrogen) atoms. The van der Waals surface area contributed by atoms with E-state index in [1.807, 2.05) is 94.7 Å². The first-order valence-corrected chi connectivity index (χ1v) is 38.8. The third-order valence-electron chi connectivity index (χ3n) is 24.3. The molecule has 16 aromatic rings. The fraction of sp³-hybridized carbons (Fsp3) is 0.0654. The summed E-state index contributed by atoms with van der Waals surface area (Å²) < 4.78 is 79.9. The molecule has 4 aliphatic rings. The van der Waals surface area contributed by atoms with Gasteiger partial charge < -0.3 is 19.3 Å². The zero-order valence-electron chi connectivity index (χ0n) is 63.6. The maximum atomic E-state index is 17.7. The molecule has 0 saturated heterocycles. The Morgan fingerprint density at radius 3 is 0.861 bits per heavy atom. The Bertz CT molecular complexity index is 6300. The Morgan fingerprint density at radius 2 is 0.548 bits per heavy atom. The number of nitrogens with zero attached hydrogens (tertiary/aromatic N) is 2. The maximum absolute atomic E-state index is 17.7. The lowest BCUT2D eigenvalue weighted by atomic mass is 9.66. The van der Waals surface area contributed by atoms with Crippen molar-refractivity contribution in [3.63, 3.8) is 0 Å². The lowest BCUT2D eigenvalue weighted by Crippen LogP contribution is -2.30. The number of anilines is 6. The standard InChI is InChI=1S/C107H74F4N2O2/c1-7-69-29-43-79(44-30-69)114-81-47-33-71(34-48-81)105(95-57-65(3)25-27-67(95)5)91-21-13-9-17-83(91)87-51-39-75(61-97(87)105)112(103-55-37-73(108)59-101(103)110)77-41-53-89-85-19-11-15-23-93(85)107(99(89)63-77)94-24-16-12-20-86(94)90-54-42-78(64-100(90)107)113(104-56-38-74(109)60-102(104)111)76-40-52-88-84-18-10-14-22-92(84)106(98(88)62-76,96-58-66(4)26-28-68(96)6)72-35-49-82(50-36-72)115-80-45-31-70(8-2)32-46-80/h7-64H,1-2H2,3-6H3. The molecule has 0 aromatic heterocycles. The van der Waals surface area contributed by atoms with Crippen molar-refractivity contribution >= 4 is 46.3 Å². The summed E-state index contributed by atoms with van der Waals surface area (Å²) in [5, 5.41) is 0. The van der Waals surface area contributed by atoms with Crippen molar-refractivity contribution in [3.8, 4) is 67.5 Å². The molecule has 0 radical (unpaired) electrons. The van der Waals surface area contributed by atoms with Crippen molar-refractivity contribution in [2.75, 3.05) is 9.80 Å². The Hall–Kier alpha value is -14.1. The summed E-state index contributed by atoms with van der Waals surface area (Å²) in [6.45, 7) is 16.4. The first kappa shape index (κ1) is 70.1. The highest BCUT2D eigenvalue weighted by molar-refractivity contribution is 5.99. The van der Waals surface area contributed by atoms with Crippen molar-refractivity contribution in [2.45, 2.75) is 43.9 Å². The molecule has 0 aliphatic heterocycles. The summed E-state index contributed by atoms with van der Waals surface area (Å²) >= 11 is 0. The van der Waals surface area contributed by atoms with Crippen molar-refractivity contribution in [3.05, 3.63) is 476 Å². The number of ether oxygens (including phenoxy) is 2. The number of fused-ring (bicyclic) bond motifs is 16. The molecule has 2 atom stereocenters. The fourth-order valence-electron chi connectivity index (χ4n) is 19.3. The second kappa shape index (κ2) is 27.1. The Labute approximate surface area is 666 Å². The van der Waals surface area contributed by atoms with E-state index in [2.05, 4.69) is 271 Å². The van der Waals surface area contributed by atoms with E-state index in [-0.39, 0.29) is 11.4 Å². The highest BCUT2D eigenvalue weighted by Gasteiger charge is 2.54. The van der Waals surface area contributed by atoms with Gasteiger partial charge in [-0.3, -0.25) is 0 Å². The van der Waals surface area contributed by atoms with Gasteiger partial charge in [-0.15, -0.1) is 0 Å². The molecule has 0 fully saturated rings. The topological polar surface area (TPSA) is 24.9 Å². The average Bonchev–Trinajstić information content (AvgIpc) is 1.50. The summed E-state index contributed by atoms with van der Waals surface area (Å²) in [5.74, 6) is -0.175. The van der Waals surface area contributed by atoms with Crippen LogP contribution in [0.5, 0.6) is 23.0 Å². The summed E-state index contributed by atoms with van der Waals surface area (Å²) in [5.41, 5.74) is 26.6. The first-order chi connectivity index (χ1) is 56.1. The monoisotopic (exact) mass is 1490 g/mol. The van der Waals surface area contributed by atoms with Gasteiger partial charge in [-0.1, -0.05) is 243 Å². The van der Waals surface area contributed by atoms with Gasteiger partial charge in [0.15, 0.2) is 0 Å². The van der Waals surface area contributed by atoms with E-state index in [0.29, 0.717) is 45.7 Å². The Morgan fingerprint density at radius 1 is 0.261 bits per heavy atom. The molecule has 1 spiro atoms. The van der Waals surface area contributed by atoms with Crippen LogP contribution in [-0.4, -0.2) is 0 Å². The van der Waals surface area contributed by atoms with E-state index in [1.165, 1.54) is 24.3 Å². The Balaban J connectivity index is 0.781. The van der Waals surface area contributed by atoms with Crippen LogP contribution in [-0.2, 0) is 16.2 Å². The molecule has 4 aliphatic carbocycles. The van der Waals surface area contributed by atoms with Gasteiger partial charge in [0.1, 0.15) is 46.3 Å². The van der Waals surface area contributed by atoms with Crippen molar-refractivity contribution in [1.29, 1.82) is 0 Å². The largest absolute Gasteiger partial charge is 0.457 e. The zero-order valence-corrected chi connectivity index (χ0v) is 63.6. The van der Waals surface area contributed by atoms with Crippen LogP contribution >= 0.6 is 0 Å². The molecule has 0 amide bonds. The van der Waals surface area contributed by atoms with E-state index >= 15 is 17.6 Å². The summed E-state index contributed by atoms with van der Waals surface area (Å²) in [6.07, 6.45) is 3.61. The van der Waals surface area contributed by atoms with E-state index in [0.717, 1.165) is 157 Å². The predicted octanol–water partition coefficient (Wildman–Crippen LogP) is 28.4. The van der Waals surface area contributed by atoms with Crippen LogP contribution in [0.2, 0.25) is 0 Å². The molecular formula is C107H74F4N2O2. The molecule has 552 valence electrons. The van der Waals surface area contributed by atoms with Gasteiger partial charge in [0.05, 0.1) is 27.6 Å². The van der Waals surface area contributed by atoms with Crippen LogP contribution in [0.3, 0.4) is 0 Å². The second-order valence-corrected chi connectivity index (χ2v) is 30.7. The normalized spacial score (nSPS) is 16.0. The lowest BCUT2D eigenvalue weighted by molar-refractivity contribution is 0.482. The molecule has 2 unspecified atom stereocenters. The van der Waals surface area contributed by atoms with Gasteiger partial charge in [0.25, 0.3) is 0 Å². The maximum Gasteiger partial charge on any atom is 0.150 e. The fourth-order valence-corrected chi connectivity index (χ4v) is 19.3. The third kappa shape index (κ3) is 10.8. The van der Waals surface area contributed by atoms with Crippen LogP contribution in [0.25, 0.3) is 56.7 Å². The van der Waals surface area contributed by atoms with Gasteiger partial charge in [-0.2, -0.15) is 0 Å². The van der Waals surface area contributed by atoms with Crippen LogP contribution < -0.4 is 19.3 Å². The molecule has 20 rings (SSSR count). The number of aryl methyl sites for hydroxylation is 4. The van der Waals surface area contributed by atoms with Gasteiger partial charge in [-0.05, 0) is 283 Å². The summed E-state index contributed by atoms with van der Waals surface area (Å²) in [6, 6.07) is 113. The minimum Gasteiger partial charge on any atom is -0.457 e. The minimum atomic E-state index is -1.06. The molecular weight excluding hydrogens is 1420 g/mol. The predicted molar refractivity (Wildman–Crippen MR) is 459 cm³/mol. The second-order valence-electron chi connectivity index (χ2n) is 30.7. The van der Waals surface area contributed by atoms with Crippen LogP contribution in [0.4, 0.5) is 51.7 Å². The number of benzene rings is 16. The van der Waals surface area contributed by atoms with E-state index in [9.17, 15) is 0 Å². The summed E-state index contributed by atoms with van der Waals surface area (Å²) in [7, 11) is 0. The third-order valence-corrected chi connectivity index (χ3v) is 24.3. The number of rotatable bonds is 16. The molecule has 0 saturated carbocycles. The van der Waals surface area contributed by atoms with Crippen molar-refractivity contribution < 1.29 is 27.0 Å². The Kier molecular flexibility index (Phi) is 16.5. The van der Waals surface area contributed by atoms with E-state index < -0.39 is 39.5 Å². The van der Waals surface area contributed by atoms with Gasteiger partial charge in [0.2, 0.25) is 0 Å². The molecule has 0 N–H and O–H groups in total. The van der Waals surface area contributed by atoms with Gasteiger partial charge in [-0.25, -0.2) is 17.6 Å². The SMILES string of the molecule is C=Cc1ccc(Oc2ccc(C3(c4cc(C)ccc4C)c4ccccc4-c4ccc(N(c5ccc6c(c5)C5(c7ccccc7-6)c6ccccc6-c6ccc(N(c7ccc8c(c7)C(c7ccc(Oc9ccc(C=C)cc9)cc7)(c7cc(C)ccc7C)c7ccccc7-8)c7ccc(F)cc7F)cc65)c5ccc(F)cc5F)cc43)cc2)cc1. The van der Waals surface area contributed by atoms with E-state index in [1.54, 1.807) is 0 Å². The van der Waals surface area contributed by atoms with Gasteiger partial charge in [0, 0.05) is 34.9 Å². The van der Waals surface area contributed by atoms with Crippen LogP contribution in [0, 0.1) is 51.0 Å². The highest BCUT2D eigenvalue weighted by Crippen LogP contribution is 2.66. The number of hydrogen-bond donors (Lipinski definition) is 0. The molecule has 0 heterocycles. The zero-order chi connectivity index (χ0) is 78.2. The molecule has 16 aromatic carbocycles. The van der Waals surface area contributed by atoms with Crippen LogP contribution in [0.1, 0.15) is 100 Å². The van der Waals surface area contributed by atoms with Crippen molar-refractivity contribution in [1.82, 2.24) is 0 Å². The highest BCUT2D eigenvalue weighted by atomic mass is 19.1. The van der Waals surface area contributed by atoms with Crippen LogP contribution in [0.15, 0.2) is 353 Å². The van der Waals surface area contributed by atoms with E-state index in [4.69, 9.17) is 9.47 Å². The smallest absolute Gasteiger partial charge is 0.150 e. The van der Waals surface area contributed by atoms with Gasteiger partial charge >= 0.3 is 0 Å². The quantitative estimate of drug-likeness (QED) is 0.0900.